The first-order valence-electron chi connectivity index (χ1n) is 17.5. The lowest BCUT2D eigenvalue weighted by atomic mass is 9.85. The zero-order chi connectivity index (χ0) is 33.5. The maximum atomic E-state index is 6.80. The van der Waals surface area contributed by atoms with Crippen LogP contribution in [-0.4, -0.2) is 9.55 Å². The van der Waals surface area contributed by atoms with Gasteiger partial charge in [0, 0.05) is 12.0 Å². The van der Waals surface area contributed by atoms with Gasteiger partial charge in [-0.3, -0.25) is 4.57 Å². The van der Waals surface area contributed by atoms with Crippen molar-refractivity contribution in [1.29, 1.82) is 0 Å². The Labute approximate surface area is 294 Å². The third-order valence-electron chi connectivity index (χ3n) is 10.6. The number of aromatic nitrogens is 2. The van der Waals surface area contributed by atoms with Gasteiger partial charge in [0.1, 0.15) is 16.9 Å². The lowest BCUT2D eigenvalue weighted by Crippen LogP contribution is -2.35. The highest BCUT2D eigenvalue weighted by Gasteiger charge is 2.25. The number of hydrogen-bond acceptors (Lipinski definition) is 2. The Morgan fingerprint density at radius 2 is 1.12 bits per heavy atom. The van der Waals surface area contributed by atoms with Gasteiger partial charge in [0.25, 0.3) is 0 Å². The number of rotatable bonds is 3. The van der Waals surface area contributed by atoms with Crippen LogP contribution in [0.2, 0.25) is 0 Å². The number of ether oxygens (including phenoxy) is 1. The number of hydrogen-bond donors (Lipinski definition) is 0. The summed E-state index contributed by atoms with van der Waals surface area (Å²) >= 11 is 0. The van der Waals surface area contributed by atoms with Crippen LogP contribution >= 0.6 is 0 Å². The van der Waals surface area contributed by atoms with Gasteiger partial charge < -0.3 is 4.74 Å². The first-order chi connectivity index (χ1) is 25.3. The molecule has 1 aromatic heterocycles. The van der Waals surface area contributed by atoms with Crippen molar-refractivity contribution in [3.05, 3.63) is 175 Å². The van der Waals surface area contributed by atoms with Crippen molar-refractivity contribution in [2.45, 2.75) is 6.42 Å². The molecule has 1 aliphatic heterocycles. The molecular formula is C48H30N2O. The van der Waals surface area contributed by atoms with Crippen molar-refractivity contribution in [1.82, 2.24) is 9.55 Å². The number of nitrogens with zero attached hydrogens (tertiary/aromatic N) is 2. The fourth-order valence-electron chi connectivity index (χ4n) is 8.35. The summed E-state index contributed by atoms with van der Waals surface area (Å²) in [6.07, 6.45) is 7.02. The van der Waals surface area contributed by atoms with Gasteiger partial charge in [-0.1, -0.05) is 146 Å². The molecule has 0 bridgehead atoms. The van der Waals surface area contributed by atoms with E-state index < -0.39 is 0 Å². The average molecular weight is 651 g/mol. The van der Waals surface area contributed by atoms with Gasteiger partial charge in [0.05, 0.1) is 11.0 Å². The summed E-state index contributed by atoms with van der Waals surface area (Å²) in [7, 11) is 0. The Bertz CT molecular complexity index is 3020. The van der Waals surface area contributed by atoms with E-state index in [-0.39, 0.29) is 0 Å². The lowest BCUT2D eigenvalue weighted by Gasteiger charge is -2.23. The van der Waals surface area contributed by atoms with Gasteiger partial charge >= 0.3 is 0 Å². The number of fused-ring (bicyclic) bond motifs is 7. The summed E-state index contributed by atoms with van der Waals surface area (Å²) in [6, 6.07) is 54.9. The number of allylic oxidation sites excluding steroid dienone is 1. The summed E-state index contributed by atoms with van der Waals surface area (Å²) in [5, 5.41) is 11.9. The summed E-state index contributed by atoms with van der Waals surface area (Å²) in [5.41, 5.74) is 6.89. The molecule has 3 nitrogen and oxygen atoms in total. The van der Waals surface area contributed by atoms with Crippen molar-refractivity contribution >= 4 is 54.9 Å². The van der Waals surface area contributed by atoms with Crippen LogP contribution in [0.15, 0.2) is 164 Å². The molecule has 0 unspecified atom stereocenters. The predicted octanol–water partition coefficient (Wildman–Crippen LogP) is 10.7. The summed E-state index contributed by atoms with van der Waals surface area (Å²) in [6.45, 7) is 0. The lowest BCUT2D eigenvalue weighted by molar-refractivity contribution is 0.476. The van der Waals surface area contributed by atoms with Crippen LogP contribution < -0.4 is 15.4 Å². The Morgan fingerprint density at radius 1 is 0.510 bits per heavy atom. The minimum absolute atomic E-state index is 0.704. The standard InChI is InChI=1S/C48H30N2O/c1-2-13-31(14-3-1)48-49-41-20-10-11-21-43-47(41)50(48)42-27-25-34(29-44(42)51-43)46-39-18-8-6-16-37(39)45(38-17-7-9-19-40(38)46)33-24-26-36-32(28-33)23-22-30-12-4-5-15-35(30)36/h1-20,22-29H,21H2. The van der Waals surface area contributed by atoms with Gasteiger partial charge in [-0.05, 0) is 89.6 Å². The van der Waals surface area contributed by atoms with Gasteiger partial charge in [-0.15, -0.1) is 0 Å². The Kier molecular flexibility index (Phi) is 6.02. The zero-order valence-corrected chi connectivity index (χ0v) is 27.7. The highest BCUT2D eigenvalue weighted by atomic mass is 16.5. The largest absolute Gasteiger partial charge is 0.457 e. The highest BCUT2D eigenvalue weighted by molar-refractivity contribution is 6.22. The number of imidazole rings is 1. The molecule has 0 radical (unpaired) electrons. The van der Waals surface area contributed by atoms with Crippen molar-refractivity contribution in [2.24, 2.45) is 0 Å². The van der Waals surface area contributed by atoms with Gasteiger partial charge in [0.2, 0.25) is 0 Å². The van der Waals surface area contributed by atoms with Gasteiger partial charge in [0.15, 0.2) is 5.75 Å². The smallest absolute Gasteiger partial charge is 0.151 e. The van der Waals surface area contributed by atoms with E-state index in [1.807, 2.05) is 6.07 Å². The van der Waals surface area contributed by atoms with Crippen molar-refractivity contribution in [3.8, 4) is 45.1 Å². The first-order valence-corrected chi connectivity index (χ1v) is 17.5. The summed E-state index contributed by atoms with van der Waals surface area (Å²) in [5.74, 6) is 2.68. The second-order valence-corrected chi connectivity index (χ2v) is 13.4. The quantitative estimate of drug-likeness (QED) is 0.141. The van der Waals surface area contributed by atoms with Crippen LogP contribution in [0.1, 0.15) is 6.42 Å². The van der Waals surface area contributed by atoms with Crippen LogP contribution in [0.3, 0.4) is 0 Å². The molecule has 0 N–H and O–H groups in total. The van der Waals surface area contributed by atoms with Crippen LogP contribution in [0.4, 0.5) is 0 Å². The highest BCUT2D eigenvalue weighted by Crippen LogP contribution is 2.46. The molecule has 3 heteroatoms. The number of benzene rings is 8. The second-order valence-electron chi connectivity index (χ2n) is 13.4. The molecule has 0 saturated heterocycles. The van der Waals surface area contributed by atoms with E-state index in [0.29, 0.717) is 6.42 Å². The normalized spacial score (nSPS) is 13.2. The second kappa shape index (κ2) is 10.9. The Hall–Kier alpha value is -6.71. The third kappa shape index (κ3) is 4.22. The van der Waals surface area contributed by atoms with Crippen LogP contribution in [0.5, 0.6) is 5.75 Å². The fourth-order valence-corrected chi connectivity index (χ4v) is 8.35. The molecule has 2 heterocycles. The monoisotopic (exact) mass is 650 g/mol. The Balaban J connectivity index is 1.14. The molecule has 1 aliphatic carbocycles. The van der Waals surface area contributed by atoms with Crippen molar-refractivity contribution in [2.75, 3.05) is 0 Å². The molecule has 9 aromatic rings. The third-order valence-corrected chi connectivity index (χ3v) is 10.6. The topological polar surface area (TPSA) is 27.1 Å². The van der Waals surface area contributed by atoms with E-state index in [1.54, 1.807) is 0 Å². The van der Waals surface area contributed by atoms with Crippen molar-refractivity contribution < 1.29 is 4.74 Å². The minimum Gasteiger partial charge on any atom is -0.457 e. The molecule has 0 saturated carbocycles. The van der Waals surface area contributed by atoms with Crippen LogP contribution in [0.25, 0.3) is 94.3 Å². The van der Waals surface area contributed by atoms with Crippen LogP contribution in [-0.2, 0) is 0 Å². The predicted molar refractivity (Wildman–Crippen MR) is 211 cm³/mol. The molecule has 0 atom stereocenters. The molecule has 51 heavy (non-hydrogen) atoms. The SMILES string of the molecule is C1=CCC2=c3c(nc(-c4ccccc4)n3-c3ccc(-c4c5ccccc5c(-c5ccc6c(ccc7ccccc76)c5)c5ccccc45)cc3O2)=C1. The molecule has 0 spiro atoms. The summed E-state index contributed by atoms with van der Waals surface area (Å²) < 4.78 is 9.09. The van der Waals surface area contributed by atoms with Gasteiger partial charge in [-0.25, -0.2) is 4.98 Å². The zero-order valence-electron chi connectivity index (χ0n) is 27.7. The van der Waals surface area contributed by atoms with E-state index in [0.717, 1.165) is 44.8 Å². The van der Waals surface area contributed by atoms with E-state index >= 15 is 0 Å². The minimum atomic E-state index is 0.704. The van der Waals surface area contributed by atoms with E-state index in [2.05, 4.69) is 168 Å². The maximum absolute atomic E-state index is 6.80. The van der Waals surface area contributed by atoms with E-state index in [4.69, 9.17) is 9.72 Å². The molecule has 8 aromatic carbocycles. The summed E-state index contributed by atoms with van der Waals surface area (Å²) in [4.78, 5) is 5.13. The molecule has 0 amide bonds. The van der Waals surface area contributed by atoms with Crippen LogP contribution in [0, 0.1) is 0 Å². The van der Waals surface area contributed by atoms with Crippen molar-refractivity contribution in [3.63, 3.8) is 0 Å². The van der Waals surface area contributed by atoms with E-state index in [1.165, 1.54) is 59.8 Å². The van der Waals surface area contributed by atoms with E-state index in [9.17, 15) is 0 Å². The molecule has 0 fully saturated rings. The fraction of sp³-hybridized carbons (Fsp3) is 0.0208. The Morgan fingerprint density at radius 3 is 1.86 bits per heavy atom. The molecule has 2 aliphatic rings. The molecular weight excluding hydrogens is 621 g/mol. The van der Waals surface area contributed by atoms with Gasteiger partial charge in [-0.2, -0.15) is 0 Å². The average Bonchev–Trinajstić information content (AvgIpc) is 3.46. The maximum Gasteiger partial charge on any atom is 0.151 e. The molecule has 238 valence electrons. The molecule has 11 rings (SSSR count). The first kappa shape index (κ1) is 28.2.